The summed E-state index contributed by atoms with van der Waals surface area (Å²) in [5.74, 6) is 0.833. The molecule has 1 N–H and O–H groups in total. The maximum atomic E-state index is 5.83. The Morgan fingerprint density at radius 1 is 1.56 bits per heavy atom. The molecule has 0 aromatic carbocycles. The lowest BCUT2D eigenvalue weighted by Gasteiger charge is -2.35. The minimum Gasteiger partial charge on any atom is -0.378 e. The molecule has 2 rings (SSSR count). The number of ether oxygens (including phenoxy) is 1. The lowest BCUT2D eigenvalue weighted by molar-refractivity contribution is -0.0278. The van der Waals surface area contributed by atoms with E-state index in [1.54, 1.807) is 11.3 Å². The zero-order valence-electron chi connectivity index (χ0n) is 10.0. The smallest absolute Gasteiger partial charge is 0.0797 e. The fraction of sp³-hybridized carbons (Fsp3) is 0.750. The molecule has 0 saturated heterocycles. The van der Waals surface area contributed by atoms with Crippen LogP contribution in [0.15, 0.2) is 5.51 Å². The monoisotopic (exact) mass is 240 g/mol. The lowest BCUT2D eigenvalue weighted by Crippen LogP contribution is -2.37. The maximum Gasteiger partial charge on any atom is 0.0797 e. The van der Waals surface area contributed by atoms with Gasteiger partial charge in [0.15, 0.2) is 0 Å². The van der Waals surface area contributed by atoms with Gasteiger partial charge in [0.2, 0.25) is 0 Å². The predicted molar refractivity (Wildman–Crippen MR) is 66.9 cm³/mol. The molecule has 1 aromatic heterocycles. The summed E-state index contributed by atoms with van der Waals surface area (Å²) in [5.41, 5.74) is 3.08. The van der Waals surface area contributed by atoms with Gasteiger partial charge in [0, 0.05) is 11.3 Å². The van der Waals surface area contributed by atoms with Crippen molar-refractivity contribution in [3.63, 3.8) is 0 Å². The molecule has 0 radical (unpaired) electrons. The Morgan fingerprint density at radius 2 is 2.38 bits per heavy atom. The molecule has 0 amide bonds. The molecule has 0 bridgehead atoms. The minimum atomic E-state index is 0.506. The zero-order chi connectivity index (χ0) is 11.4. The van der Waals surface area contributed by atoms with Crippen LogP contribution in [0.1, 0.15) is 23.4 Å². The van der Waals surface area contributed by atoms with Gasteiger partial charge >= 0.3 is 0 Å². The molecule has 1 aliphatic carbocycles. The Morgan fingerprint density at radius 3 is 3.00 bits per heavy atom. The second kappa shape index (κ2) is 5.75. The quantitative estimate of drug-likeness (QED) is 0.826. The Labute approximate surface area is 101 Å². The van der Waals surface area contributed by atoms with Crippen molar-refractivity contribution in [3.8, 4) is 0 Å². The van der Waals surface area contributed by atoms with E-state index in [-0.39, 0.29) is 0 Å². The van der Waals surface area contributed by atoms with Gasteiger partial charge in [0.05, 0.1) is 23.9 Å². The summed E-state index contributed by atoms with van der Waals surface area (Å²) in [5, 5.41) is 3.21. The highest BCUT2D eigenvalue weighted by Crippen LogP contribution is 2.29. The largest absolute Gasteiger partial charge is 0.378 e. The first-order chi connectivity index (χ1) is 7.79. The summed E-state index contributed by atoms with van der Waals surface area (Å²) in [6, 6.07) is 0. The number of aromatic nitrogens is 1. The highest BCUT2D eigenvalue weighted by atomic mass is 32.1. The molecule has 0 atom stereocenters. The van der Waals surface area contributed by atoms with Crippen LogP contribution in [0.4, 0.5) is 0 Å². The fourth-order valence-electron chi connectivity index (χ4n) is 2.15. The van der Waals surface area contributed by atoms with Crippen LogP contribution in [-0.4, -0.2) is 31.3 Å². The molecule has 1 saturated carbocycles. The van der Waals surface area contributed by atoms with Crippen molar-refractivity contribution in [2.75, 3.05) is 20.2 Å². The van der Waals surface area contributed by atoms with Gasteiger partial charge in [0.1, 0.15) is 0 Å². The van der Waals surface area contributed by atoms with Crippen LogP contribution in [0.3, 0.4) is 0 Å². The lowest BCUT2D eigenvalue weighted by atomic mass is 9.82. The van der Waals surface area contributed by atoms with E-state index >= 15 is 0 Å². The van der Waals surface area contributed by atoms with Crippen LogP contribution in [0.25, 0.3) is 0 Å². The third-order valence-electron chi connectivity index (χ3n) is 3.21. The number of aryl methyl sites for hydroxylation is 1. The molecule has 1 aliphatic rings. The molecule has 0 spiro atoms. The van der Waals surface area contributed by atoms with Crippen LogP contribution < -0.4 is 5.32 Å². The van der Waals surface area contributed by atoms with E-state index in [2.05, 4.69) is 17.2 Å². The second-order valence-electron chi connectivity index (χ2n) is 4.50. The van der Waals surface area contributed by atoms with E-state index in [1.807, 2.05) is 12.6 Å². The first-order valence-corrected chi connectivity index (χ1v) is 6.82. The molecule has 0 aliphatic heterocycles. The van der Waals surface area contributed by atoms with Gasteiger partial charge in [-0.25, -0.2) is 4.98 Å². The molecule has 3 nitrogen and oxygen atoms in total. The highest BCUT2D eigenvalue weighted by molar-refractivity contribution is 7.09. The Balaban J connectivity index is 1.58. The van der Waals surface area contributed by atoms with E-state index < -0.39 is 0 Å². The Bertz CT molecular complexity index is 321. The van der Waals surface area contributed by atoms with E-state index in [0.29, 0.717) is 6.10 Å². The van der Waals surface area contributed by atoms with Gasteiger partial charge in [-0.15, -0.1) is 11.3 Å². The van der Waals surface area contributed by atoms with Crippen molar-refractivity contribution in [2.45, 2.75) is 32.3 Å². The van der Waals surface area contributed by atoms with E-state index in [9.17, 15) is 0 Å². The highest BCUT2D eigenvalue weighted by Gasteiger charge is 2.28. The number of nitrogens with zero attached hydrogens (tertiary/aromatic N) is 1. The van der Waals surface area contributed by atoms with E-state index in [1.165, 1.54) is 17.7 Å². The van der Waals surface area contributed by atoms with Crippen molar-refractivity contribution in [1.29, 1.82) is 0 Å². The van der Waals surface area contributed by atoms with Gasteiger partial charge in [-0.1, -0.05) is 0 Å². The van der Waals surface area contributed by atoms with Crippen LogP contribution in [0.2, 0.25) is 0 Å². The molecule has 90 valence electrons. The molecule has 0 unspecified atom stereocenters. The van der Waals surface area contributed by atoms with Crippen LogP contribution >= 0.6 is 11.3 Å². The van der Waals surface area contributed by atoms with Gasteiger partial charge in [-0.05, 0) is 39.3 Å². The molecular weight excluding hydrogens is 220 g/mol. The third kappa shape index (κ3) is 3.03. The summed E-state index contributed by atoms with van der Waals surface area (Å²) in [7, 11) is 2.01. The summed E-state index contributed by atoms with van der Waals surface area (Å²) in [6.45, 7) is 4.05. The topological polar surface area (TPSA) is 34.1 Å². The summed E-state index contributed by atoms with van der Waals surface area (Å²) >= 11 is 1.73. The normalized spacial score (nSPS) is 24.4. The summed E-state index contributed by atoms with van der Waals surface area (Å²) in [4.78, 5) is 5.61. The Hall–Kier alpha value is -0.450. The number of hydrogen-bond acceptors (Lipinski definition) is 4. The minimum absolute atomic E-state index is 0.506. The molecule has 1 aromatic rings. The van der Waals surface area contributed by atoms with Gasteiger partial charge in [-0.2, -0.15) is 0 Å². The summed E-state index contributed by atoms with van der Waals surface area (Å²) in [6.07, 6.45) is 3.97. The SMILES string of the molecule is CNCC1CC(OCCc2scnc2C)C1. The van der Waals surface area contributed by atoms with E-state index in [4.69, 9.17) is 4.74 Å². The molecule has 1 fully saturated rings. The van der Waals surface area contributed by atoms with Gasteiger partial charge in [-0.3, -0.25) is 0 Å². The van der Waals surface area contributed by atoms with Crippen molar-refractivity contribution in [2.24, 2.45) is 5.92 Å². The van der Waals surface area contributed by atoms with Crippen molar-refractivity contribution in [3.05, 3.63) is 16.1 Å². The number of thiazole rings is 1. The van der Waals surface area contributed by atoms with Gasteiger partial charge < -0.3 is 10.1 Å². The van der Waals surface area contributed by atoms with Crippen LogP contribution in [-0.2, 0) is 11.2 Å². The number of nitrogens with one attached hydrogen (secondary N) is 1. The van der Waals surface area contributed by atoms with Crippen LogP contribution in [0, 0.1) is 12.8 Å². The first-order valence-electron chi connectivity index (χ1n) is 5.94. The standard InChI is InChI=1S/C12H20N2OS/c1-9-12(16-8-14-9)3-4-15-11-5-10(6-11)7-13-2/h8,10-11,13H,3-7H2,1-2H3. The average molecular weight is 240 g/mol. The zero-order valence-corrected chi connectivity index (χ0v) is 10.8. The molecule has 1 heterocycles. The third-order valence-corrected chi connectivity index (χ3v) is 4.21. The summed E-state index contributed by atoms with van der Waals surface area (Å²) < 4.78 is 5.83. The van der Waals surface area contributed by atoms with Crippen molar-refractivity contribution >= 4 is 11.3 Å². The average Bonchev–Trinajstić information content (AvgIpc) is 2.60. The second-order valence-corrected chi connectivity index (χ2v) is 5.44. The predicted octanol–water partition coefficient (Wildman–Crippen LogP) is 2.01. The van der Waals surface area contributed by atoms with E-state index in [0.717, 1.165) is 31.2 Å². The number of rotatable bonds is 6. The maximum absolute atomic E-state index is 5.83. The first kappa shape index (κ1) is 12.0. The van der Waals surface area contributed by atoms with Gasteiger partial charge in [0.25, 0.3) is 0 Å². The Kier molecular flexibility index (Phi) is 4.32. The number of hydrogen-bond donors (Lipinski definition) is 1. The molecular formula is C12H20N2OS. The van der Waals surface area contributed by atoms with Crippen LogP contribution in [0.5, 0.6) is 0 Å². The molecule has 4 heteroatoms. The van der Waals surface area contributed by atoms with Crippen molar-refractivity contribution in [1.82, 2.24) is 10.3 Å². The fourth-order valence-corrected chi connectivity index (χ4v) is 2.91. The molecule has 16 heavy (non-hydrogen) atoms. The van der Waals surface area contributed by atoms with Crippen molar-refractivity contribution < 1.29 is 4.74 Å².